The summed E-state index contributed by atoms with van der Waals surface area (Å²) in [6.07, 6.45) is 1.17. The molecule has 0 aromatic heterocycles. The highest BCUT2D eigenvalue weighted by Crippen LogP contribution is 2.47. The molecule has 10 heteroatoms. The predicted molar refractivity (Wildman–Crippen MR) is 131 cm³/mol. The predicted octanol–water partition coefficient (Wildman–Crippen LogP) is 2.99. The first kappa shape index (κ1) is 26.4. The number of hydrogen-bond acceptors (Lipinski definition) is 8. The number of rotatable bonds is 6. The Hall–Kier alpha value is -2.24. The van der Waals surface area contributed by atoms with Crippen molar-refractivity contribution in [3.8, 4) is 0 Å². The van der Waals surface area contributed by atoms with Gasteiger partial charge < -0.3 is 39.1 Å². The molecule has 4 atom stereocenters. The molecule has 0 bridgehead atoms. The Labute approximate surface area is 217 Å². The van der Waals surface area contributed by atoms with E-state index in [-0.39, 0.29) is 49.8 Å². The lowest BCUT2D eigenvalue weighted by atomic mass is 9.85. The zero-order valence-electron chi connectivity index (χ0n) is 22.0. The fraction of sp³-hybridized carbons (Fsp3) is 0.704. The molecule has 0 spiro atoms. The third-order valence-electron chi connectivity index (χ3n) is 7.42. The lowest BCUT2D eigenvalue weighted by Gasteiger charge is -2.41. The van der Waals surface area contributed by atoms with Crippen LogP contribution in [-0.4, -0.2) is 66.9 Å². The number of nitrogens with one attached hydrogen (secondary N) is 2. The molecule has 37 heavy (non-hydrogen) atoms. The molecule has 3 heterocycles. The van der Waals surface area contributed by atoms with E-state index in [2.05, 4.69) is 10.6 Å². The molecule has 1 aromatic rings. The summed E-state index contributed by atoms with van der Waals surface area (Å²) in [7, 11) is 0. The van der Waals surface area contributed by atoms with Gasteiger partial charge in [-0.3, -0.25) is 4.79 Å². The van der Waals surface area contributed by atoms with E-state index in [9.17, 15) is 9.59 Å². The Balaban J connectivity index is 1.10. The molecule has 2 N–H and O–H groups in total. The summed E-state index contributed by atoms with van der Waals surface area (Å²) < 4.78 is 36.0. The summed E-state index contributed by atoms with van der Waals surface area (Å²) in [6.45, 7) is 8.05. The number of benzene rings is 1. The van der Waals surface area contributed by atoms with Crippen LogP contribution in [0.2, 0.25) is 0 Å². The maximum absolute atomic E-state index is 13.1. The van der Waals surface area contributed by atoms with Gasteiger partial charge in [0.1, 0.15) is 24.9 Å². The monoisotopic (exact) mass is 518 g/mol. The summed E-state index contributed by atoms with van der Waals surface area (Å²) in [4.78, 5) is 25.3. The van der Waals surface area contributed by atoms with Crippen LogP contribution in [-0.2, 0) is 39.8 Å². The number of amides is 2. The number of carbonyl (C=O) groups excluding carboxylic acids is 2. The minimum atomic E-state index is -1.15. The van der Waals surface area contributed by atoms with Crippen molar-refractivity contribution >= 4 is 12.0 Å². The molecule has 10 nitrogen and oxygen atoms in total. The summed E-state index contributed by atoms with van der Waals surface area (Å²) in [5.41, 5.74) is 0.938. The molecule has 3 saturated heterocycles. The Kier molecular flexibility index (Phi) is 7.23. The normalized spacial score (nSPS) is 35.7. The van der Waals surface area contributed by atoms with Gasteiger partial charge in [-0.2, -0.15) is 0 Å². The van der Waals surface area contributed by atoms with Crippen molar-refractivity contribution in [2.45, 2.75) is 102 Å². The lowest BCUT2D eigenvalue weighted by Crippen LogP contribution is -2.63. The van der Waals surface area contributed by atoms with Crippen LogP contribution in [0.5, 0.6) is 0 Å². The first-order chi connectivity index (χ1) is 17.5. The van der Waals surface area contributed by atoms with Gasteiger partial charge >= 0.3 is 6.09 Å². The molecular formula is C27H38N2O8. The molecule has 2 amide bonds. The standard InChI is InChI=1S/C27H38N2O8/c1-25(2)34-20-15-33-27(22(21(20)35-25)36-26(3,4)37-27)16-28-23(30)18-10-12-19(13-11-18)29-24(31)32-14-17-8-6-5-7-9-17/h5-9,18-22H,10-16H2,1-4H3,(H,28,30)(H,29,31)/t18?,19?,20-,21-,22+,27+/m1/s1. The minimum absolute atomic E-state index is 0.0101. The molecule has 204 valence electrons. The zero-order chi connectivity index (χ0) is 26.3. The van der Waals surface area contributed by atoms with Crippen LogP contribution < -0.4 is 10.6 Å². The van der Waals surface area contributed by atoms with E-state index in [4.69, 9.17) is 28.4 Å². The highest BCUT2D eigenvalue weighted by Gasteiger charge is 2.65. The summed E-state index contributed by atoms with van der Waals surface area (Å²) in [6, 6.07) is 9.55. The summed E-state index contributed by atoms with van der Waals surface area (Å²) >= 11 is 0. The van der Waals surface area contributed by atoms with Gasteiger partial charge in [0.15, 0.2) is 11.6 Å². The molecule has 4 fully saturated rings. The number of alkyl carbamates (subject to hydrolysis) is 1. The van der Waals surface area contributed by atoms with Gasteiger partial charge in [-0.05, 0) is 58.9 Å². The molecule has 1 aliphatic carbocycles. The Morgan fingerprint density at radius 3 is 2.43 bits per heavy atom. The van der Waals surface area contributed by atoms with Gasteiger partial charge in [-0.25, -0.2) is 4.79 Å². The van der Waals surface area contributed by atoms with Gasteiger partial charge in [-0.1, -0.05) is 30.3 Å². The van der Waals surface area contributed by atoms with E-state index in [1.807, 2.05) is 58.0 Å². The smallest absolute Gasteiger partial charge is 0.407 e. The van der Waals surface area contributed by atoms with Crippen LogP contribution in [0.15, 0.2) is 30.3 Å². The zero-order valence-corrected chi connectivity index (χ0v) is 22.0. The van der Waals surface area contributed by atoms with Crippen LogP contribution in [0.1, 0.15) is 58.9 Å². The molecule has 1 saturated carbocycles. The van der Waals surface area contributed by atoms with Crippen LogP contribution in [0, 0.1) is 5.92 Å². The Morgan fingerprint density at radius 1 is 0.973 bits per heavy atom. The van der Waals surface area contributed by atoms with Crippen molar-refractivity contribution in [3.63, 3.8) is 0 Å². The quantitative estimate of drug-likeness (QED) is 0.591. The number of carbonyl (C=O) groups is 2. The van der Waals surface area contributed by atoms with Crippen LogP contribution in [0.3, 0.4) is 0 Å². The maximum Gasteiger partial charge on any atom is 0.407 e. The van der Waals surface area contributed by atoms with Crippen molar-refractivity contribution in [1.29, 1.82) is 0 Å². The van der Waals surface area contributed by atoms with Gasteiger partial charge in [0.05, 0.1) is 13.2 Å². The van der Waals surface area contributed by atoms with Gasteiger partial charge in [0, 0.05) is 12.0 Å². The minimum Gasteiger partial charge on any atom is -0.445 e. The van der Waals surface area contributed by atoms with E-state index in [0.717, 1.165) is 5.56 Å². The Bertz CT molecular complexity index is 978. The van der Waals surface area contributed by atoms with Gasteiger partial charge in [0.2, 0.25) is 11.7 Å². The highest BCUT2D eigenvalue weighted by molar-refractivity contribution is 5.78. The molecule has 0 radical (unpaired) electrons. The molecule has 0 unspecified atom stereocenters. The SMILES string of the molecule is CC1(C)O[C@@H]2[C@@H](CO[C@@]3(CNC(=O)C4CCC(NC(=O)OCc5ccccc5)CC4)OC(C)(C)O[C@@H]23)O1. The molecule has 4 aliphatic rings. The van der Waals surface area contributed by atoms with Crippen LogP contribution in [0.25, 0.3) is 0 Å². The highest BCUT2D eigenvalue weighted by atomic mass is 16.9. The first-order valence-corrected chi connectivity index (χ1v) is 13.2. The largest absolute Gasteiger partial charge is 0.445 e. The van der Waals surface area contributed by atoms with E-state index in [1.54, 1.807) is 0 Å². The number of fused-ring (bicyclic) bond motifs is 3. The third-order valence-corrected chi connectivity index (χ3v) is 7.42. The maximum atomic E-state index is 13.1. The van der Waals surface area contributed by atoms with Crippen LogP contribution in [0.4, 0.5) is 4.79 Å². The average molecular weight is 519 g/mol. The van der Waals surface area contributed by atoms with Crippen molar-refractivity contribution < 1.29 is 38.0 Å². The first-order valence-electron chi connectivity index (χ1n) is 13.2. The van der Waals surface area contributed by atoms with E-state index < -0.39 is 29.6 Å². The average Bonchev–Trinajstić information content (AvgIpc) is 3.33. The van der Waals surface area contributed by atoms with E-state index in [1.165, 1.54) is 0 Å². The molecule has 1 aromatic carbocycles. The molecular weight excluding hydrogens is 480 g/mol. The third kappa shape index (κ3) is 5.93. The van der Waals surface area contributed by atoms with E-state index >= 15 is 0 Å². The number of ether oxygens (including phenoxy) is 6. The van der Waals surface area contributed by atoms with Gasteiger partial charge in [0.25, 0.3) is 0 Å². The van der Waals surface area contributed by atoms with Crippen molar-refractivity contribution in [3.05, 3.63) is 35.9 Å². The molecule has 5 rings (SSSR count). The van der Waals surface area contributed by atoms with Crippen molar-refractivity contribution in [2.75, 3.05) is 13.2 Å². The fourth-order valence-electron chi connectivity index (χ4n) is 5.77. The Morgan fingerprint density at radius 2 is 1.70 bits per heavy atom. The summed E-state index contributed by atoms with van der Waals surface area (Å²) in [5, 5.41) is 5.96. The lowest BCUT2D eigenvalue weighted by molar-refractivity contribution is -0.277. The van der Waals surface area contributed by atoms with Crippen molar-refractivity contribution in [1.82, 2.24) is 10.6 Å². The van der Waals surface area contributed by atoms with Crippen molar-refractivity contribution in [2.24, 2.45) is 5.92 Å². The van der Waals surface area contributed by atoms with E-state index in [0.29, 0.717) is 25.7 Å². The summed E-state index contributed by atoms with van der Waals surface area (Å²) in [5.74, 6) is -2.98. The number of hydrogen-bond donors (Lipinski definition) is 2. The second-order valence-electron chi connectivity index (χ2n) is 11.3. The second-order valence-corrected chi connectivity index (χ2v) is 11.3. The van der Waals surface area contributed by atoms with Gasteiger partial charge in [-0.15, -0.1) is 0 Å². The fourth-order valence-corrected chi connectivity index (χ4v) is 5.77. The van der Waals surface area contributed by atoms with Crippen LogP contribution >= 0.6 is 0 Å². The topological polar surface area (TPSA) is 114 Å². The molecule has 3 aliphatic heterocycles. The second kappa shape index (κ2) is 10.1.